The lowest BCUT2D eigenvalue weighted by molar-refractivity contribution is -0.141. The number of nitrogens with zero attached hydrogens (tertiary/aromatic N) is 2. The number of hydrogen-bond donors (Lipinski definition) is 0. The minimum absolute atomic E-state index is 0.0326. The minimum atomic E-state index is -4.40. The van der Waals surface area contributed by atoms with E-state index in [-0.39, 0.29) is 18.2 Å². The summed E-state index contributed by atoms with van der Waals surface area (Å²) in [6.45, 7) is 4.77. The molecule has 0 atom stereocenters. The van der Waals surface area contributed by atoms with Crippen LogP contribution >= 0.6 is 15.9 Å². The Morgan fingerprint density at radius 2 is 2.05 bits per heavy atom. The summed E-state index contributed by atoms with van der Waals surface area (Å²) in [5.74, 6) is -0.627. The number of carbonyl (C=O) groups is 1. The maximum absolute atomic E-state index is 12.6. The number of rotatable bonds is 5. The van der Waals surface area contributed by atoms with Gasteiger partial charge < -0.3 is 9.47 Å². The van der Waals surface area contributed by atoms with Gasteiger partial charge in [0.1, 0.15) is 12.2 Å². The van der Waals surface area contributed by atoms with E-state index in [4.69, 9.17) is 0 Å². The summed E-state index contributed by atoms with van der Waals surface area (Å²) in [7, 11) is 0. The van der Waals surface area contributed by atoms with Gasteiger partial charge in [-0.3, -0.25) is 4.79 Å². The zero-order valence-electron chi connectivity index (χ0n) is 11.7. The van der Waals surface area contributed by atoms with Gasteiger partial charge in [-0.2, -0.15) is 13.2 Å². The van der Waals surface area contributed by atoms with Crippen molar-refractivity contribution in [2.24, 2.45) is 5.92 Å². The van der Waals surface area contributed by atoms with Crippen molar-refractivity contribution < 1.29 is 18.0 Å². The smallest absolute Gasteiger partial charge is 0.343 e. The summed E-state index contributed by atoms with van der Waals surface area (Å²) >= 11 is 3.24. The van der Waals surface area contributed by atoms with Crippen LogP contribution in [-0.2, 0) is 6.54 Å². The van der Waals surface area contributed by atoms with Crippen molar-refractivity contribution in [3.63, 3.8) is 0 Å². The van der Waals surface area contributed by atoms with Gasteiger partial charge in [0.05, 0.1) is 0 Å². The fraction of sp³-hybridized carbons (Fsp3) is 0.615. The molecule has 0 saturated heterocycles. The Morgan fingerprint density at radius 1 is 1.45 bits per heavy atom. The molecule has 0 bridgehead atoms. The first-order valence-corrected chi connectivity index (χ1v) is 7.15. The number of alkyl halides is 3. The van der Waals surface area contributed by atoms with Crippen LogP contribution in [0, 0.1) is 5.92 Å². The molecule has 0 unspecified atom stereocenters. The second-order valence-electron chi connectivity index (χ2n) is 5.02. The van der Waals surface area contributed by atoms with Crippen LogP contribution in [0.1, 0.15) is 31.3 Å². The van der Waals surface area contributed by atoms with Crippen LogP contribution in [0.3, 0.4) is 0 Å². The van der Waals surface area contributed by atoms with Crippen molar-refractivity contribution in [3.05, 3.63) is 22.4 Å². The molecule has 0 N–H and O–H groups in total. The van der Waals surface area contributed by atoms with E-state index in [1.807, 2.05) is 6.92 Å². The van der Waals surface area contributed by atoms with E-state index in [9.17, 15) is 18.0 Å². The van der Waals surface area contributed by atoms with Gasteiger partial charge in [0.15, 0.2) is 0 Å². The molecule has 0 aliphatic carbocycles. The lowest BCUT2D eigenvalue weighted by Gasteiger charge is -2.26. The number of carbonyl (C=O) groups excluding carboxylic acids is 1. The summed E-state index contributed by atoms with van der Waals surface area (Å²) in [6, 6.07) is 1.55. The standard InChI is InChI=1S/C13H18BrF3N2O/c1-4-18-7-10(14)5-11(18)12(20)19(6-9(2)3)8-13(15,16)17/h5,7,9H,4,6,8H2,1-3H3. The third kappa shape index (κ3) is 4.85. The molecule has 0 saturated carbocycles. The van der Waals surface area contributed by atoms with E-state index in [0.29, 0.717) is 11.0 Å². The molecule has 0 spiro atoms. The van der Waals surface area contributed by atoms with Crippen molar-refractivity contribution in [2.75, 3.05) is 13.1 Å². The maximum atomic E-state index is 12.6. The highest BCUT2D eigenvalue weighted by atomic mass is 79.9. The van der Waals surface area contributed by atoms with E-state index in [0.717, 1.165) is 4.90 Å². The Bertz CT molecular complexity index is 469. The topological polar surface area (TPSA) is 25.2 Å². The molecule has 1 heterocycles. The highest BCUT2D eigenvalue weighted by molar-refractivity contribution is 9.10. The predicted octanol–water partition coefficient (Wildman–Crippen LogP) is 3.93. The summed E-state index contributed by atoms with van der Waals surface area (Å²) in [5, 5.41) is 0. The molecule has 114 valence electrons. The number of aromatic nitrogens is 1. The van der Waals surface area contributed by atoms with Crippen LogP contribution in [0.15, 0.2) is 16.7 Å². The lowest BCUT2D eigenvalue weighted by Crippen LogP contribution is -2.41. The van der Waals surface area contributed by atoms with E-state index in [1.54, 1.807) is 30.7 Å². The summed E-state index contributed by atoms with van der Waals surface area (Å²) in [5.41, 5.74) is 0.268. The molecule has 0 aliphatic heterocycles. The van der Waals surface area contributed by atoms with Gasteiger partial charge in [0.2, 0.25) is 0 Å². The zero-order chi connectivity index (χ0) is 15.5. The van der Waals surface area contributed by atoms with E-state index < -0.39 is 18.6 Å². The number of hydrogen-bond acceptors (Lipinski definition) is 1. The molecule has 3 nitrogen and oxygen atoms in total. The van der Waals surface area contributed by atoms with Gasteiger partial charge in [0, 0.05) is 23.8 Å². The second-order valence-corrected chi connectivity index (χ2v) is 5.94. The van der Waals surface area contributed by atoms with Gasteiger partial charge in [0.25, 0.3) is 5.91 Å². The first-order chi connectivity index (χ1) is 9.14. The van der Waals surface area contributed by atoms with Gasteiger partial charge in [-0.1, -0.05) is 13.8 Å². The van der Waals surface area contributed by atoms with Gasteiger partial charge >= 0.3 is 6.18 Å². The molecule has 1 aromatic heterocycles. The lowest BCUT2D eigenvalue weighted by atomic mass is 10.2. The van der Waals surface area contributed by atoms with Gasteiger partial charge in [-0.25, -0.2) is 0 Å². The van der Waals surface area contributed by atoms with Crippen LogP contribution in [-0.4, -0.2) is 34.6 Å². The Morgan fingerprint density at radius 3 is 2.50 bits per heavy atom. The van der Waals surface area contributed by atoms with Gasteiger partial charge in [-0.05, 0) is 34.8 Å². The minimum Gasteiger partial charge on any atom is -0.343 e. The quantitative estimate of drug-likeness (QED) is 0.786. The molecule has 0 aliphatic rings. The average Bonchev–Trinajstić information content (AvgIpc) is 2.66. The SMILES string of the molecule is CCn1cc(Br)cc1C(=O)N(CC(C)C)CC(F)(F)F. The van der Waals surface area contributed by atoms with Crippen LogP contribution in [0.4, 0.5) is 13.2 Å². The van der Waals surface area contributed by atoms with E-state index in [1.165, 1.54) is 0 Å². The number of amides is 1. The van der Waals surface area contributed by atoms with Crippen LogP contribution in [0.2, 0.25) is 0 Å². The molecule has 1 rings (SSSR count). The maximum Gasteiger partial charge on any atom is 0.406 e. The van der Waals surface area contributed by atoms with Crippen molar-refractivity contribution in [1.29, 1.82) is 0 Å². The summed E-state index contributed by atoms with van der Waals surface area (Å²) < 4.78 is 40.1. The molecule has 20 heavy (non-hydrogen) atoms. The first-order valence-electron chi connectivity index (χ1n) is 6.35. The molecular weight excluding hydrogens is 337 g/mol. The van der Waals surface area contributed by atoms with Crippen LogP contribution in [0.5, 0.6) is 0 Å². The normalized spacial score (nSPS) is 12.0. The Hall–Kier alpha value is -0.980. The van der Waals surface area contributed by atoms with E-state index >= 15 is 0 Å². The largest absolute Gasteiger partial charge is 0.406 e. The Balaban J connectivity index is 3.02. The van der Waals surface area contributed by atoms with Crippen molar-refractivity contribution in [2.45, 2.75) is 33.5 Å². The molecular formula is C13H18BrF3N2O. The molecule has 1 amide bonds. The summed E-state index contributed by atoms with van der Waals surface area (Å²) in [6.07, 6.45) is -2.71. The second kappa shape index (κ2) is 6.65. The highest BCUT2D eigenvalue weighted by Crippen LogP contribution is 2.21. The average molecular weight is 355 g/mol. The monoisotopic (exact) mass is 354 g/mol. The highest BCUT2D eigenvalue weighted by Gasteiger charge is 2.34. The third-order valence-electron chi connectivity index (χ3n) is 2.67. The molecule has 1 aromatic rings. The van der Waals surface area contributed by atoms with Crippen molar-refractivity contribution in [3.8, 4) is 0 Å². The fourth-order valence-electron chi connectivity index (χ4n) is 1.95. The summed E-state index contributed by atoms with van der Waals surface area (Å²) in [4.78, 5) is 13.2. The Kier molecular flexibility index (Phi) is 5.68. The molecule has 0 radical (unpaired) electrons. The van der Waals surface area contributed by atoms with Gasteiger partial charge in [-0.15, -0.1) is 0 Å². The van der Waals surface area contributed by atoms with Crippen molar-refractivity contribution in [1.82, 2.24) is 9.47 Å². The van der Waals surface area contributed by atoms with Crippen LogP contribution in [0.25, 0.3) is 0 Å². The zero-order valence-corrected chi connectivity index (χ0v) is 13.3. The molecule has 0 fully saturated rings. The number of halogens is 4. The fourth-order valence-corrected chi connectivity index (χ4v) is 2.42. The number of aryl methyl sites for hydroxylation is 1. The molecule has 7 heteroatoms. The van der Waals surface area contributed by atoms with Crippen molar-refractivity contribution >= 4 is 21.8 Å². The first kappa shape index (κ1) is 17.1. The Labute approximate surface area is 124 Å². The van der Waals surface area contributed by atoms with Crippen LogP contribution < -0.4 is 0 Å². The third-order valence-corrected chi connectivity index (χ3v) is 3.10. The molecule has 0 aromatic carbocycles. The predicted molar refractivity (Wildman–Crippen MR) is 74.6 cm³/mol. The van der Waals surface area contributed by atoms with E-state index in [2.05, 4.69) is 15.9 Å².